The number of aliphatic hydroxyl groups is 1. The minimum absolute atomic E-state index is 0.00519. The summed E-state index contributed by atoms with van der Waals surface area (Å²) in [5, 5.41) is 9.38. The first-order valence-corrected chi connectivity index (χ1v) is 6.67. The molecule has 1 rings (SSSR count). The Morgan fingerprint density at radius 2 is 2.11 bits per heavy atom. The molecular formula is C13H24N2O3. The standard InChI is InChI=1S/C13H24N2O3/c1-10(2)15(9-11(3)16)13(18)6-8-14-7-4-5-12(14)17/h10-11,16H,4-9H2,1-3H3. The Balaban J connectivity index is 2.43. The van der Waals surface area contributed by atoms with Crippen LogP contribution in [0.1, 0.15) is 40.0 Å². The quantitative estimate of drug-likeness (QED) is 0.757. The Morgan fingerprint density at radius 1 is 1.44 bits per heavy atom. The van der Waals surface area contributed by atoms with Gasteiger partial charge in [0.25, 0.3) is 0 Å². The molecule has 0 spiro atoms. The van der Waals surface area contributed by atoms with Gasteiger partial charge in [0.05, 0.1) is 6.10 Å². The molecule has 1 fully saturated rings. The van der Waals surface area contributed by atoms with E-state index < -0.39 is 6.10 Å². The Hall–Kier alpha value is -1.10. The van der Waals surface area contributed by atoms with Crippen molar-refractivity contribution in [3.63, 3.8) is 0 Å². The van der Waals surface area contributed by atoms with Gasteiger partial charge < -0.3 is 14.9 Å². The van der Waals surface area contributed by atoms with Crippen molar-refractivity contribution in [3.05, 3.63) is 0 Å². The molecule has 5 heteroatoms. The molecule has 0 saturated carbocycles. The van der Waals surface area contributed by atoms with E-state index >= 15 is 0 Å². The Morgan fingerprint density at radius 3 is 2.56 bits per heavy atom. The van der Waals surface area contributed by atoms with E-state index in [-0.39, 0.29) is 17.9 Å². The van der Waals surface area contributed by atoms with Crippen molar-refractivity contribution in [2.45, 2.75) is 52.2 Å². The number of rotatable bonds is 6. The minimum atomic E-state index is -0.523. The lowest BCUT2D eigenvalue weighted by molar-refractivity contribution is -0.135. The minimum Gasteiger partial charge on any atom is -0.392 e. The smallest absolute Gasteiger partial charge is 0.224 e. The summed E-state index contributed by atoms with van der Waals surface area (Å²) in [5.41, 5.74) is 0. The van der Waals surface area contributed by atoms with E-state index in [1.54, 1.807) is 16.7 Å². The molecule has 2 amide bonds. The zero-order valence-electron chi connectivity index (χ0n) is 11.6. The zero-order valence-corrected chi connectivity index (χ0v) is 11.6. The molecule has 1 atom stereocenters. The van der Waals surface area contributed by atoms with Crippen LogP contribution >= 0.6 is 0 Å². The van der Waals surface area contributed by atoms with Gasteiger partial charge in [-0.15, -0.1) is 0 Å². The molecule has 104 valence electrons. The second kappa shape index (κ2) is 6.73. The van der Waals surface area contributed by atoms with Crippen LogP contribution in [0.15, 0.2) is 0 Å². The van der Waals surface area contributed by atoms with Gasteiger partial charge in [-0.05, 0) is 27.2 Å². The first-order chi connectivity index (χ1) is 8.41. The van der Waals surface area contributed by atoms with E-state index in [1.807, 2.05) is 13.8 Å². The maximum Gasteiger partial charge on any atom is 0.224 e. The lowest BCUT2D eigenvalue weighted by Crippen LogP contribution is -2.42. The lowest BCUT2D eigenvalue weighted by Gasteiger charge is -2.28. The fourth-order valence-electron chi connectivity index (χ4n) is 2.20. The number of hydrogen-bond donors (Lipinski definition) is 1. The van der Waals surface area contributed by atoms with Crippen LogP contribution in [0.3, 0.4) is 0 Å². The number of hydrogen-bond acceptors (Lipinski definition) is 3. The largest absolute Gasteiger partial charge is 0.392 e. The van der Waals surface area contributed by atoms with E-state index in [2.05, 4.69) is 0 Å². The molecule has 0 aromatic heterocycles. The third-order valence-corrected chi connectivity index (χ3v) is 3.17. The zero-order chi connectivity index (χ0) is 13.7. The van der Waals surface area contributed by atoms with Crippen LogP contribution in [0.2, 0.25) is 0 Å². The fourth-order valence-corrected chi connectivity index (χ4v) is 2.20. The summed E-state index contributed by atoms with van der Waals surface area (Å²) in [5.74, 6) is 0.153. The third kappa shape index (κ3) is 4.29. The number of amides is 2. The molecule has 0 radical (unpaired) electrons. The molecule has 1 unspecified atom stereocenters. The molecule has 1 saturated heterocycles. The summed E-state index contributed by atoms with van der Waals surface area (Å²) >= 11 is 0. The predicted octanol–water partition coefficient (Wildman–Crippen LogP) is 0.617. The van der Waals surface area contributed by atoms with Gasteiger partial charge in [-0.1, -0.05) is 0 Å². The van der Waals surface area contributed by atoms with Gasteiger partial charge in [0, 0.05) is 38.5 Å². The summed E-state index contributed by atoms with van der Waals surface area (Å²) in [4.78, 5) is 26.9. The maximum absolute atomic E-state index is 12.1. The van der Waals surface area contributed by atoms with Crippen molar-refractivity contribution in [1.29, 1.82) is 0 Å². The highest BCUT2D eigenvalue weighted by atomic mass is 16.3. The number of carbonyl (C=O) groups is 2. The Kier molecular flexibility index (Phi) is 5.59. The topological polar surface area (TPSA) is 60.9 Å². The molecule has 18 heavy (non-hydrogen) atoms. The normalized spacial score (nSPS) is 17.4. The van der Waals surface area contributed by atoms with E-state index in [0.717, 1.165) is 13.0 Å². The van der Waals surface area contributed by atoms with Crippen molar-refractivity contribution >= 4 is 11.8 Å². The van der Waals surface area contributed by atoms with Gasteiger partial charge in [-0.25, -0.2) is 0 Å². The molecule has 1 aliphatic heterocycles. The SMILES string of the molecule is CC(O)CN(C(=O)CCN1CCCC1=O)C(C)C. The molecule has 0 aromatic carbocycles. The highest BCUT2D eigenvalue weighted by Gasteiger charge is 2.23. The van der Waals surface area contributed by atoms with Crippen molar-refractivity contribution in [2.75, 3.05) is 19.6 Å². The average Bonchev–Trinajstić information content (AvgIpc) is 2.68. The molecule has 0 aliphatic carbocycles. The van der Waals surface area contributed by atoms with Gasteiger partial charge >= 0.3 is 0 Å². The van der Waals surface area contributed by atoms with Gasteiger partial charge in [0.2, 0.25) is 11.8 Å². The van der Waals surface area contributed by atoms with Crippen LogP contribution in [0, 0.1) is 0 Å². The number of likely N-dealkylation sites (tertiary alicyclic amines) is 1. The van der Waals surface area contributed by atoms with Gasteiger partial charge in [-0.3, -0.25) is 9.59 Å². The van der Waals surface area contributed by atoms with E-state index in [4.69, 9.17) is 0 Å². The molecule has 1 aliphatic rings. The highest BCUT2D eigenvalue weighted by Crippen LogP contribution is 2.11. The monoisotopic (exact) mass is 256 g/mol. The van der Waals surface area contributed by atoms with Crippen LogP contribution in [-0.4, -0.2) is 58.5 Å². The second-order valence-corrected chi connectivity index (χ2v) is 5.22. The molecule has 0 bridgehead atoms. The molecule has 1 N–H and O–H groups in total. The van der Waals surface area contributed by atoms with Crippen molar-refractivity contribution in [3.8, 4) is 0 Å². The first kappa shape index (κ1) is 15.0. The van der Waals surface area contributed by atoms with Crippen molar-refractivity contribution in [2.24, 2.45) is 0 Å². The Bertz CT molecular complexity index is 303. The summed E-state index contributed by atoms with van der Waals surface area (Å²) in [6.07, 6.45) is 1.32. The summed E-state index contributed by atoms with van der Waals surface area (Å²) < 4.78 is 0. The summed E-state index contributed by atoms with van der Waals surface area (Å²) in [6.45, 7) is 7.16. The lowest BCUT2D eigenvalue weighted by atomic mass is 10.2. The van der Waals surface area contributed by atoms with Crippen LogP contribution in [-0.2, 0) is 9.59 Å². The number of carbonyl (C=O) groups excluding carboxylic acids is 2. The highest BCUT2D eigenvalue weighted by molar-refractivity contribution is 5.80. The van der Waals surface area contributed by atoms with Crippen LogP contribution < -0.4 is 0 Å². The van der Waals surface area contributed by atoms with Crippen molar-refractivity contribution < 1.29 is 14.7 Å². The van der Waals surface area contributed by atoms with Crippen LogP contribution in [0.4, 0.5) is 0 Å². The van der Waals surface area contributed by atoms with E-state index in [9.17, 15) is 14.7 Å². The summed E-state index contributed by atoms with van der Waals surface area (Å²) in [7, 11) is 0. The molecule has 1 heterocycles. The molecular weight excluding hydrogens is 232 g/mol. The number of nitrogens with zero attached hydrogens (tertiary/aromatic N) is 2. The van der Waals surface area contributed by atoms with Crippen LogP contribution in [0.25, 0.3) is 0 Å². The van der Waals surface area contributed by atoms with Gasteiger partial charge in [0.15, 0.2) is 0 Å². The first-order valence-electron chi connectivity index (χ1n) is 6.67. The van der Waals surface area contributed by atoms with Gasteiger partial charge in [0.1, 0.15) is 0 Å². The average molecular weight is 256 g/mol. The maximum atomic E-state index is 12.1. The summed E-state index contributed by atoms with van der Waals surface area (Å²) in [6, 6.07) is 0.0707. The van der Waals surface area contributed by atoms with E-state index in [0.29, 0.717) is 25.9 Å². The van der Waals surface area contributed by atoms with Gasteiger partial charge in [-0.2, -0.15) is 0 Å². The van der Waals surface area contributed by atoms with Crippen molar-refractivity contribution in [1.82, 2.24) is 9.80 Å². The van der Waals surface area contributed by atoms with Crippen LogP contribution in [0.5, 0.6) is 0 Å². The molecule has 0 aromatic rings. The number of aliphatic hydroxyl groups excluding tert-OH is 1. The van der Waals surface area contributed by atoms with E-state index in [1.165, 1.54) is 0 Å². The Labute approximate surface area is 109 Å². The fraction of sp³-hybridized carbons (Fsp3) is 0.846. The predicted molar refractivity (Wildman–Crippen MR) is 69.0 cm³/mol. The molecule has 5 nitrogen and oxygen atoms in total. The second-order valence-electron chi connectivity index (χ2n) is 5.22. The third-order valence-electron chi connectivity index (χ3n) is 3.17.